The fraction of sp³-hybridized carbons (Fsp3) is 0.316. The van der Waals surface area contributed by atoms with Crippen LogP contribution < -0.4 is 9.62 Å². The van der Waals surface area contributed by atoms with Crippen LogP contribution in [0.1, 0.15) is 36.2 Å². The van der Waals surface area contributed by atoms with Gasteiger partial charge in [0.1, 0.15) is 0 Å². The van der Waals surface area contributed by atoms with Gasteiger partial charge in [-0.3, -0.25) is 9.10 Å². The predicted octanol–water partition coefficient (Wildman–Crippen LogP) is 3.83. The summed E-state index contributed by atoms with van der Waals surface area (Å²) in [5, 5.41) is 3.37. The first kappa shape index (κ1) is 20.3. The van der Waals surface area contributed by atoms with Gasteiger partial charge in [0.25, 0.3) is 5.91 Å². The Labute approximate surface area is 160 Å². The van der Waals surface area contributed by atoms with Crippen LogP contribution in [0.25, 0.3) is 0 Å². The Hall–Kier alpha value is -2.05. The molecule has 1 atom stereocenters. The van der Waals surface area contributed by atoms with Gasteiger partial charge >= 0.3 is 0 Å². The molecule has 1 unspecified atom stereocenters. The average molecular weight is 395 g/mol. The summed E-state index contributed by atoms with van der Waals surface area (Å²) in [6.45, 7) is 4.11. The second kappa shape index (κ2) is 8.56. The summed E-state index contributed by atoms with van der Waals surface area (Å²) in [7, 11) is -3.48. The SMILES string of the molecule is CCC(C)NC(=O)c1ccc(CN(c2cccc(Cl)c2)S(C)(=O)=O)cc1. The van der Waals surface area contributed by atoms with E-state index in [1.807, 2.05) is 13.8 Å². The van der Waals surface area contributed by atoms with Crippen LogP contribution in [0.2, 0.25) is 5.02 Å². The van der Waals surface area contributed by atoms with E-state index < -0.39 is 10.0 Å². The van der Waals surface area contributed by atoms with E-state index in [0.29, 0.717) is 16.3 Å². The molecule has 0 spiro atoms. The van der Waals surface area contributed by atoms with E-state index in [0.717, 1.165) is 18.2 Å². The van der Waals surface area contributed by atoms with Crippen molar-refractivity contribution in [3.05, 3.63) is 64.7 Å². The van der Waals surface area contributed by atoms with Crippen molar-refractivity contribution in [3.63, 3.8) is 0 Å². The van der Waals surface area contributed by atoms with E-state index in [-0.39, 0.29) is 18.5 Å². The molecule has 2 rings (SSSR count). The molecule has 1 amide bonds. The van der Waals surface area contributed by atoms with Gasteiger partial charge in [0.2, 0.25) is 10.0 Å². The molecule has 26 heavy (non-hydrogen) atoms. The largest absolute Gasteiger partial charge is 0.350 e. The van der Waals surface area contributed by atoms with Gasteiger partial charge in [0, 0.05) is 16.6 Å². The molecule has 2 aromatic rings. The summed E-state index contributed by atoms with van der Waals surface area (Å²) in [6.07, 6.45) is 2.01. The first-order chi connectivity index (χ1) is 12.2. The maximum absolute atomic E-state index is 12.2. The molecule has 0 aliphatic carbocycles. The number of hydrogen-bond donors (Lipinski definition) is 1. The molecule has 5 nitrogen and oxygen atoms in total. The minimum absolute atomic E-state index is 0.103. The highest BCUT2D eigenvalue weighted by Gasteiger charge is 2.18. The van der Waals surface area contributed by atoms with Crippen LogP contribution in [0.3, 0.4) is 0 Å². The van der Waals surface area contributed by atoms with Crippen molar-refractivity contribution in [2.75, 3.05) is 10.6 Å². The highest BCUT2D eigenvalue weighted by molar-refractivity contribution is 7.92. The Bertz CT molecular complexity index is 867. The molecule has 7 heteroatoms. The summed E-state index contributed by atoms with van der Waals surface area (Å²) in [5.41, 5.74) is 1.82. The third kappa shape index (κ3) is 5.47. The van der Waals surface area contributed by atoms with Crippen LogP contribution in [0, 0.1) is 0 Å². The summed E-state index contributed by atoms with van der Waals surface area (Å²) in [5.74, 6) is -0.138. The Morgan fingerprint density at radius 1 is 1.19 bits per heavy atom. The average Bonchev–Trinajstić information content (AvgIpc) is 2.59. The van der Waals surface area contributed by atoms with Crippen LogP contribution in [-0.2, 0) is 16.6 Å². The topological polar surface area (TPSA) is 66.5 Å². The zero-order valence-electron chi connectivity index (χ0n) is 15.1. The third-order valence-electron chi connectivity index (χ3n) is 4.03. The van der Waals surface area contributed by atoms with Crippen molar-refractivity contribution in [1.82, 2.24) is 5.32 Å². The first-order valence-corrected chi connectivity index (χ1v) is 10.6. The van der Waals surface area contributed by atoms with Gasteiger partial charge in [0.05, 0.1) is 18.5 Å². The molecular formula is C19H23ClN2O3S. The Morgan fingerprint density at radius 3 is 2.38 bits per heavy atom. The molecule has 2 aromatic carbocycles. The summed E-state index contributed by atoms with van der Waals surface area (Å²) in [6, 6.07) is 13.7. The lowest BCUT2D eigenvalue weighted by Crippen LogP contribution is -2.32. The van der Waals surface area contributed by atoms with Crippen LogP contribution >= 0.6 is 11.6 Å². The molecule has 0 radical (unpaired) electrons. The molecule has 0 aromatic heterocycles. The quantitative estimate of drug-likeness (QED) is 0.775. The molecule has 0 aliphatic heterocycles. The Balaban J connectivity index is 2.21. The van der Waals surface area contributed by atoms with Gasteiger partial charge in [-0.25, -0.2) is 8.42 Å². The molecule has 1 N–H and O–H groups in total. The molecule has 0 heterocycles. The van der Waals surface area contributed by atoms with Crippen molar-refractivity contribution in [2.45, 2.75) is 32.9 Å². The second-order valence-corrected chi connectivity index (χ2v) is 8.57. The fourth-order valence-corrected chi connectivity index (χ4v) is 3.43. The maximum Gasteiger partial charge on any atom is 0.251 e. The zero-order valence-corrected chi connectivity index (χ0v) is 16.6. The molecule has 0 saturated heterocycles. The number of halogens is 1. The van der Waals surface area contributed by atoms with Crippen LogP contribution in [0.4, 0.5) is 5.69 Å². The van der Waals surface area contributed by atoms with Crippen LogP contribution in [-0.4, -0.2) is 26.6 Å². The normalized spacial score (nSPS) is 12.5. The number of carbonyl (C=O) groups is 1. The number of amides is 1. The number of carbonyl (C=O) groups excluding carboxylic acids is 1. The third-order valence-corrected chi connectivity index (χ3v) is 5.40. The van der Waals surface area contributed by atoms with E-state index in [2.05, 4.69) is 5.32 Å². The molecular weight excluding hydrogens is 372 g/mol. The summed E-state index contributed by atoms with van der Waals surface area (Å²) < 4.78 is 25.7. The van der Waals surface area contributed by atoms with Gasteiger partial charge in [-0.2, -0.15) is 0 Å². The van der Waals surface area contributed by atoms with E-state index >= 15 is 0 Å². The summed E-state index contributed by atoms with van der Waals surface area (Å²) in [4.78, 5) is 12.1. The zero-order chi connectivity index (χ0) is 19.3. The standard InChI is InChI=1S/C19H23ClN2O3S/c1-4-14(2)21-19(23)16-10-8-15(9-11-16)13-22(26(3,24)25)18-7-5-6-17(20)12-18/h5-12,14H,4,13H2,1-3H3,(H,21,23). The van der Waals surface area contributed by atoms with E-state index in [1.165, 1.54) is 4.31 Å². The van der Waals surface area contributed by atoms with Crippen molar-refractivity contribution < 1.29 is 13.2 Å². The molecule has 0 saturated carbocycles. The molecule has 0 fully saturated rings. The van der Waals surface area contributed by atoms with E-state index in [9.17, 15) is 13.2 Å². The second-order valence-electron chi connectivity index (χ2n) is 6.23. The number of sulfonamides is 1. The Morgan fingerprint density at radius 2 is 1.85 bits per heavy atom. The monoisotopic (exact) mass is 394 g/mol. The van der Waals surface area contributed by atoms with Crippen molar-refractivity contribution in [1.29, 1.82) is 0 Å². The lowest BCUT2D eigenvalue weighted by molar-refractivity contribution is 0.0939. The van der Waals surface area contributed by atoms with E-state index in [1.54, 1.807) is 48.5 Å². The van der Waals surface area contributed by atoms with Gasteiger partial charge in [-0.1, -0.05) is 36.7 Å². The van der Waals surface area contributed by atoms with Gasteiger partial charge in [0.15, 0.2) is 0 Å². The van der Waals surface area contributed by atoms with Crippen molar-refractivity contribution in [3.8, 4) is 0 Å². The number of hydrogen-bond acceptors (Lipinski definition) is 3. The minimum atomic E-state index is -3.48. The number of rotatable bonds is 7. The highest BCUT2D eigenvalue weighted by Crippen LogP contribution is 2.24. The van der Waals surface area contributed by atoms with E-state index in [4.69, 9.17) is 11.6 Å². The Kier molecular flexibility index (Phi) is 6.67. The fourth-order valence-electron chi connectivity index (χ4n) is 2.37. The maximum atomic E-state index is 12.2. The lowest BCUT2D eigenvalue weighted by atomic mass is 10.1. The van der Waals surface area contributed by atoms with Crippen LogP contribution in [0.5, 0.6) is 0 Å². The predicted molar refractivity (Wildman–Crippen MR) is 106 cm³/mol. The van der Waals surface area contributed by atoms with Crippen molar-refractivity contribution in [2.24, 2.45) is 0 Å². The smallest absolute Gasteiger partial charge is 0.251 e. The number of anilines is 1. The first-order valence-electron chi connectivity index (χ1n) is 8.33. The molecule has 0 bridgehead atoms. The molecule has 0 aliphatic rings. The van der Waals surface area contributed by atoms with Crippen LogP contribution in [0.15, 0.2) is 48.5 Å². The van der Waals surface area contributed by atoms with Gasteiger partial charge in [-0.05, 0) is 49.2 Å². The number of benzene rings is 2. The van der Waals surface area contributed by atoms with Gasteiger partial charge in [-0.15, -0.1) is 0 Å². The van der Waals surface area contributed by atoms with Gasteiger partial charge < -0.3 is 5.32 Å². The number of nitrogens with zero attached hydrogens (tertiary/aromatic N) is 1. The lowest BCUT2D eigenvalue weighted by Gasteiger charge is -2.23. The summed E-state index contributed by atoms with van der Waals surface area (Å²) >= 11 is 5.99. The van der Waals surface area contributed by atoms with Crippen molar-refractivity contribution >= 4 is 33.2 Å². The minimum Gasteiger partial charge on any atom is -0.350 e. The highest BCUT2D eigenvalue weighted by atomic mass is 35.5. The number of nitrogens with one attached hydrogen (secondary N) is 1. The molecule has 140 valence electrons.